The fourth-order valence-corrected chi connectivity index (χ4v) is 2.03. The summed E-state index contributed by atoms with van der Waals surface area (Å²) in [5.41, 5.74) is 0. The van der Waals surface area contributed by atoms with E-state index in [1.54, 1.807) is 0 Å². The van der Waals surface area contributed by atoms with Gasteiger partial charge in [0.15, 0.2) is 0 Å². The summed E-state index contributed by atoms with van der Waals surface area (Å²) < 4.78 is 26.0. The van der Waals surface area contributed by atoms with Gasteiger partial charge in [-0.15, -0.1) is 0 Å². The summed E-state index contributed by atoms with van der Waals surface area (Å²) in [6.45, 7) is 1.03. The maximum absolute atomic E-state index is 13.0. The van der Waals surface area contributed by atoms with Gasteiger partial charge in [0.2, 0.25) is 0 Å². The first-order valence-corrected chi connectivity index (χ1v) is 3.80. The monoisotopic (exact) mass is 147 g/mol. The summed E-state index contributed by atoms with van der Waals surface area (Å²) in [6.07, 6.45) is 1.43. The Hall–Kier alpha value is -0.180. The zero-order chi connectivity index (χ0) is 7.19. The van der Waals surface area contributed by atoms with Crippen LogP contribution in [0.5, 0.6) is 0 Å². The van der Waals surface area contributed by atoms with E-state index in [0.29, 0.717) is 25.9 Å². The van der Waals surface area contributed by atoms with Crippen molar-refractivity contribution in [2.24, 2.45) is 11.8 Å². The van der Waals surface area contributed by atoms with Crippen molar-refractivity contribution in [1.29, 1.82) is 0 Å². The Kier molecular flexibility index (Phi) is 1.24. The van der Waals surface area contributed by atoms with Crippen molar-refractivity contribution < 1.29 is 8.78 Å². The molecule has 0 spiro atoms. The predicted molar refractivity (Wildman–Crippen MR) is 34.0 cm³/mol. The van der Waals surface area contributed by atoms with Gasteiger partial charge in [0.05, 0.1) is 0 Å². The number of nitrogens with one attached hydrogen (secondary N) is 1. The minimum atomic E-state index is -2.36. The number of fused-ring (bicyclic) bond motifs is 2. The summed E-state index contributed by atoms with van der Waals surface area (Å²) in [5, 5.41) is 3.02. The third-order valence-electron chi connectivity index (χ3n) is 2.73. The predicted octanol–water partition coefficient (Wildman–Crippen LogP) is 1.25. The zero-order valence-electron chi connectivity index (χ0n) is 5.74. The Bertz CT molecular complexity index is 129. The first-order chi connectivity index (χ1) is 4.71. The maximum atomic E-state index is 13.0. The molecule has 2 rings (SSSR count). The average molecular weight is 147 g/mol. The fourth-order valence-electron chi connectivity index (χ4n) is 2.03. The number of rotatable bonds is 0. The second-order valence-electron chi connectivity index (χ2n) is 3.30. The van der Waals surface area contributed by atoms with Crippen molar-refractivity contribution in [2.45, 2.75) is 18.8 Å². The molecule has 0 aromatic rings. The molecule has 0 aromatic heterocycles. The van der Waals surface area contributed by atoms with Crippen LogP contribution in [0.1, 0.15) is 12.8 Å². The van der Waals surface area contributed by atoms with Gasteiger partial charge in [-0.05, 0) is 12.8 Å². The largest absolute Gasteiger partial charge is 0.316 e. The Morgan fingerprint density at radius 2 is 1.60 bits per heavy atom. The molecule has 0 aromatic carbocycles. The van der Waals surface area contributed by atoms with Gasteiger partial charge in [0.25, 0.3) is 5.92 Å². The smallest absolute Gasteiger partial charge is 0.256 e. The van der Waals surface area contributed by atoms with Gasteiger partial charge in [-0.1, -0.05) is 0 Å². The van der Waals surface area contributed by atoms with Crippen LogP contribution in [0.25, 0.3) is 0 Å². The summed E-state index contributed by atoms with van der Waals surface area (Å²) in [6, 6.07) is 0. The molecule has 2 bridgehead atoms. The lowest BCUT2D eigenvalue weighted by Crippen LogP contribution is -2.46. The minimum absolute atomic E-state index is 0.369. The van der Waals surface area contributed by atoms with Crippen LogP contribution in [0, 0.1) is 11.8 Å². The summed E-state index contributed by atoms with van der Waals surface area (Å²) in [7, 11) is 0. The molecule has 1 aliphatic carbocycles. The summed E-state index contributed by atoms with van der Waals surface area (Å²) >= 11 is 0. The highest BCUT2D eigenvalue weighted by molar-refractivity contribution is 4.97. The molecule has 1 nitrogen and oxygen atoms in total. The molecule has 1 heterocycles. The normalized spacial score (nSPS) is 43.8. The number of hydrogen-bond donors (Lipinski definition) is 1. The van der Waals surface area contributed by atoms with E-state index in [4.69, 9.17) is 0 Å². The molecule has 2 atom stereocenters. The fraction of sp³-hybridized carbons (Fsp3) is 1.00. The Balaban J connectivity index is 2.21. The molecule has 0 amide bonds. The van der Waals surface area contributed by atoms with Gasteiger partial charge in [-0.2, -0.15) is 0 Å². The van der Waals surface area contributed by atoms with Crippen molar-refractivity contribution >= 4 is 0 Å². The highest BCUT2D eigenvalue weighted by Gasteiger charge is 2.53. The minimum Gasteiger partial charge on any atom is -0.316 e. The first-order valence-electron chi connectivity index (χ1n) is 3.80. The third-order valence-corrected chi connectivity index (χ3v) is 2.73. The van der Waals surface area contributed by atoms with Gasteiger partial charge in [-0.3, -0.25) is 0 Å². The van der Waals surface area contributed by atoms with E-state index in [0.717, 1.165) is 0 Å². The molecule has 10 heavy (non-hydrogen) atoms. The zero-order valence-corrected chi connectivity index (χ0v) is 5.74. The van der Waals surface area contributed by atoms with E-state index in [2.05, 4.69) is 5.32 Å². The first kappa shape index (κ1) is 6.53. The van der Waals surface area contributed by atoms with Crippen molar-refractivity contribution in [3.63, 3.8) is 0 Å². The maximum Gasteiger partial charge on any atom is 0.256 e. The Morgan fingerprint density at radius 3 is 2.00 bits per heavy atom. The van der Waals surface area contributed by atoms with Crippen molar-refractivity contribution in [3.05, 3.63) is 0 Å². The van der Waals surface area contributed by atoms with Crippen LogP contribution in [0.3, 0.4) is 0 Å². The molecule has 2 fully saturated rings. The molecule has 0 radical (unpaired) electrons. The van der Waals surface area contributed by atoms with Gasteiger partial charge < -0.3 is 5.32 Å². The third kappa shape index (κ3) is 0.698. The quantitative estimate of drug-likeness (QED) is 0.543. The summed E-state index contributed by atoms with van der Waals surface area (Å²) in [4.78, 5) is 0. The molecule has 0 unspecified atom stereocenters. The van der Waals surface area contributed by atoms with E-state index >= 15 is 0 Å². The van der Waals surface area contributed by atoms with Crippen LogP contribution >= 0.6 is 0 Å². The molecule has 58 valence electrons. The molecular weight excluding hydrogens is 136 g/mol. The number of alkyl halides is 2. The van der Waals surface area contributed by atoms with Gasteiger partial charge >= 0.3 is 0 Å². The standard InChI is InChI=1S/C7H11F2N/c8-7(9)5-1-2-6(7)4-10-3-5/h5-6,10H,1-4H2/t5-,6+. The summed E-state index contributed by atoms with van der Waals surface area (Å²) in [5.74, 6) is -3.09. The molecular formula is C7H11F2N. The van der Waals surface area contributed by atoms with Gasteiger partial charge in [-0.25, -0.2) is 8.78 Å². The van der Waals surface area contributed by atoms with E-state index in [9.17, 15) is 8.78 Å². The van der Waals surface area contributed by atoms with Crippen molar-refractivity contribution in [3.8, 4) is 0 Å². The van der Waals surface area contributed by atoms with Crippen molar-refractivity contribution in [2.75, 3.05) is 13.1 Å². The SMILES string of the molecule is FC1(F)[C@@H]2CC[C@H]1CNC2. The molecule has 3 heteroatoms. The lowest BCUT2D eigenvalue weighted by molar-refractivity contribution is -0.0890. The molecule has 1 aliphatic heterocycles. The van der Waals surface area contributed by atoms with E-state index < -0.39 is 5.92 Å². The topological polar surface area (TPSA) is 12.0 Å². The van der Waals surface area contributed by atoms with Crippen LogP contribution in [0.15, 0.2) is 0 Å². The number of hydrogen-bond acceptors (Lipinski definition) is 1. The highest BCUT2D eigenvalue weighted by atomic mass is 19.3. The van der Waals surface area contributed by atoms with E-state index in [1.807, 2.05) is 0 Å². The Morgan fingerprint density at radius 1 is 1.10 bits per heavy atom. The second-order valence-corrected chi connectivity index (χ2v) is 3.30. The van der Waals surface area contributed by atoms with Crippen LogP contribution in [-0.2, 0) is 0 Å². The molecule has 1 saturated carbocycles. The van der Waals surface area contributed by atoms with Crippen LogP contribution in [0.4, 0.5) is 8.78 Å². The van der Waals surface area contributed by atoms with Crippen LogP contribution < -0.4 is 5.32 Å². The second kappa shape index (κ2) is 1.91. The molecule has 1 saturated heterocycles. The Labute approximate surface area is 58.8 Å². The molecule has 2 aliphatic rings. The number of halogens is 2. The van der Waals surface area contributed by atoms with Crippen LogP contribution in [-0.4, -0.2) is 19.0 Å². The van der Waals surface area contributed by atoms with Gasteiger partial charge in [0, 0.05) is 24.9 Å². The van der Waals surface area contributed by atoms with Gasteiger partial charge in [0.1, 0.15) is 0 Å². The van der Waals surface area contributed by atoms with E-state index in [1.165, 1.54) is 0 Å². The van der Waals surface area contributed by atoms with Crippen LogP contribution in [0.2, 0.25) is 0 Å². The van der Waals surface area contributed by atoms with E-state index in [-0.39, 0.29) is 11.8 Å². The number of piperidine rings is 1. The average Bonchev–Trinajstić information content (AvgIpc) is 2.17. The lowest BCUT2D eigenvalue weighted by atomic mass is 9.96. The highest BCUT2D eigenvalue weighted by Crippen LogP contribution is 2.46. The van der Waals surface area contributed by atoms with Crippen molar-refractivity contribution in [1.82, 2.24) is 5.32 Å². The molecule has 1 N–H and O–H groups in total. The lowest BCUT2D eigenvalue weighted by Gasteiger charge is -2.30.